The average Bonchev–Trinajstić information content (AvgIpc) is 2.54. The largest absolute Gasteiger partial charge is 0.446 e. The Bertz CT molecular complexity index is 634. The Labute approximate surface area is 145 Å². The van der Waals surface area contributed by atoms with E-state index in [1.54, 1.807) is 4.90 Å². The fraction of sp³-hybridized carbons (Fsp3) is 0.571. The molecule has 1 fully saturated rings. The molecule has 3 nitrogen and oxygen atoms in total. The quantitative estimate of drug-likeness (QED) is 0.722. The molecule has 1 aliphatic carbocycles. The summed E-state index contributed by atoms with van der Waals surface area (Å²) in [6, 6.07) is 8.27. The third-order valence-corrected chi connectivity index (χ3v) is 5.58. The van der Waals surface area contributed by atoms with Crippen molar-refractivity contribution in [1.29, 1.82) is 0 Å². The molecule has 1 heterocycles. The van der Waals surface area contributed by atoms with Crippen molar-refractivity contribution in [1.82, 2.24) is 4.90 Å². The summed E-state index contributed by atoms with van der Waals surface area (Å²) < 4.78 is 5.98. The summed E-state index contributed by atoms with van der Waals surface area (Å²) in [5.74, 6) is 1.67. The Morgan fingerprint density at radius 3 is 2.75 bits per heavy atom. The van der Waals surface area contributed by atoms with Gasteiger partial charge in [-0.2, -0.15) is 0 Å². The van der Waals surface area contributed by atoms with Crippen LogP contribution in [0.1, 0.15) is 58.1 Å². The molecule has 3 atom stereocenters. The molecule has 1 saturated carbocycles. The number of carbonyl (C=O) groups excluding carboxylic acids is 1. The van der Waals surface area contributed by atoms with Crippen LogP contribution in [0.15, 0.2) is 30.5 Å². The molecular formula is C21H29NO2. The Balaban J connectivity index is 1.72. The smallest absolute Gasteiger partial charge is 0.414 e. The van der Waals surface area contributed by atoms with Crippen molar-refractivity contribution in [2.24, 2.45) is 17.8 Å². The van der Waals surface area contributed by atoms with Crippen LogP contribution >= 0.6 is 0 Å². The van der Waals surface area contributed by atoms with Gasteiger partial charge in [-0.05, 0) is 54.2 Å². The van der Waals surface area contributed by atoms with Crippen LogP contribution in [0.3, 0.4) is 0 Å². The van der Waals surface area contributed by atoms with E-state index >= 15 is 0 Å². The number of nitrogens with zero attached hydrogens (tertiary/aromatic N) is 1. The average molecular weight is 327 g/mol. The second kappa shape index (κ2) is 7.00. The van der Waals surface area contributed by atoms with Crippen molar-refractivity contribution in [3.63, 3.8) is 0 Å². The van der Waals surface area contributed by atoms with Crippen LogP contribution in [0.4, 0.5) is 4.79 Å². The number of fused-ring (bicyclic) bond motifs is 1. The first-order valence-electron chi connectivity index (χ1n) is 9.19. The topological polar surface area (TPSA) is 29.5 Å². The molecule has 0 bridgehead atoms. The third-order valence-electron chi connectivity index (χ3n) is 5.58. The molecule has 0 saturated heterocycles. The van der Waals surface area contributed by atoms with Crippen molar-refractivity contribution < 1.29 is 9.53 Å². The maximum atomic E-state index is 12.8. The van der Waals surface area contributed by atoms with Gasteiger partial charge < -0.3 is 4.74 Å². The number of allylic oxidation sites excluding steroid dienone is 1. The van der Waals surface area contributed by atoms with Crippen molar-refractivity contribution in [3.05, 3.63) is 41.6 Å². The van der Waals surface area contributed by atoms with Crippen LogP contribution in [0, 0.1) is 17.8 Å². The minimum Gasteiger partial charge on any atom is -0.446 e. The van der Waals surface area contributed by atoms with E-state index < -0.39 is 0 Å². The highest BCUT2D eigenvalue weighted by atomic mass is 16.6. The van der Waals surface area contributed by atoms with Gasteiger partial charge in [-0.25, -0.2) is 4.79 Å². The number of hydrogen-bond acceptors (Lipinski definition) is 2. The van der Waals surface area contributed by atoms with E-state index in [0.29, 0.717) is 24.3 Å². The summed E-state index contributed by atoms with van der Waals surface area (Å²) in [4.78, 5) is 14.5. The SMILES string of the molecule is CC1=CN(C(=O)O[C@H]2C[C@@H](C)CC[C@@H]2C(C)C)Cc2ccccc21. The van der Waals surface area contributed by atoms with Crippen LogP contribution in [0.5, 0.6) is 0 Å². The first-order valence-corrected chi connectivity index (χ1v) is 9.19. The van der Waals surface area contributed by atoms with E-state index in [4.69, 9.17) is 4.74 Å². The summed E-state index contributed by atoms with van der Waals surface area (Å²) in [6.07, 6.45) is 5.17. The zero-order valence-electron chi connectivity index (χ0n) is 15.3. The van der Waals surface area contributed by atoms with Crippen LogP contribution in [0.2, 0.25) is 0 Å². The summed E-state index contributed by atoms with van der Waals surface area (Å²) in [5.41, 5.74) is 3.53. The maximum Gasteiger partial charge on any atom is 0.414 e. The molecule has 0 unspecified atom stereocenters. The lowest BCUT2D eigenvalue weighted by atomic mass is 9.75. The Kier molecular flexibility index (Phi) is 4.98. The van der Waals surface area contributed by atoms with Gasteiger partial charge in [-0.3, -0.25) is 4.90 Å². The minimum atomic E-state index is -0.200. The van der Waals surface area contributed by atoms with Gasteiger partial charge in [-0.15, -0.1) is 0 Å². The molecule has 1 aromatic carbocycles. The summed E-state index contributed by atoms with van der Waals surface area (Å²) >= 11 is 0. The number of benzene rings is 1. The zero-order chi connectivity index (χ0) is 17.3. The zero-order valence-corrected chi connectivity index (χ0v) is 15.3. The van der Waals surface area contributed by atoms with E-state index in [-0.39, 0.29) is 12.2 Å². The van der Waals surface area contributed by atoms with Crippen LogP contribution in [-0.2, 0) is 11.3 Å². The highest BCUT2D eigenvalue weighted by Gasteiger charge is 2.34. The lowest BCUT2D eigenvalue weighted by Gasteiger charge is -2.37. The monoisotopic (exact) mass is 327 g/mol. The van der Waals surface area contributed by atoms with Crippen molar-refractivity contribution >= 4 is 11.7 Å². The first-order chi connectivity index (χ1) is 11.5. The molecule has 1 amide bonds. The van der Waals surface area contributed by atoms with Gasteiger partial charge in [0.1, 0.15) is 6.10 Å². The maximum absolute atomic E-state index is 12.8. The van der Waals surface area contributed by atoms with Gasteiger partial charge in [0.25, 0.3) is 0 Å². The fourth-order valence-electron chi connectivity index (χ4n) is 4.14. The van der Waals surface area contributed by atoms with Crippen LogP contribution in [0.25, 0.3) is 5.57 Å². The third kappa shape index (κ3) is 3.50. The number of hydrogen-bond donors (Lipinski definition) is 0. The number of amides is 1. The van der Waals surface area contributed by atoms with E-state index in [0.717, 1.165) is 18.4 Å². The standard InChI is InChI=1S/C21H29NO2/c1-14(2)18-10-9-15(3)11-20(18)24-21(23)22-12-16(4)19-8-6-5-7-17(19)13-22/h5-8,12,14-15,18,20H,9-11,13H2,1-4H3/t15-,18+,20-/m0/s1. The van der Waals surface area contributed by atoms with Crippen LogP contribution in [-0.4, -0.2) is 17.1 Å². The molecule has 2 aliphatic rings. The lowest BCUT2D eigenvalue weighted by Crippen LogP contribution is -2.39. The highest BCUT2D eigenvalue weighted by Crippen LogP contribution is 2.36. The van der Waals surface area contributed by atoms with Gasteiger partial charge in [0.05, 0.1) is 6.54 Å². The second-order valence-corrected chi connectivity index (χ2v) is 7.85. The molecule has 0 radical (unpaired) electrons. The first kappa shape index (κ1) is 17.1. The second-order valence-electron chi connectivity index (χ2n) is 7.85. The molecule has 24 heavy (non-hydrogen) atoms. The summed E-state index contributed by atoms with van der Waals surface area (Å²) in [5, 5.41) is 0. The van der Waals surface area contributed by atoms with E-state index in [1.807, 2.05) is 18.3 Å². The molecule has 0 spiro atoms. The van der Waals surface area contributed by atoms with Gasteiger partial charge in [-0.1, -0.05) is 51.5 Å². The summed E-state index contributed by atoms with van der Waals surface area (Å²) in [6.45, 7) is 9.39. The fourth-order valence-corrected chi connectivity index (χ4v) is 4.14. The normalized spacial score (nSPS) is 26.8. The molecule has 0 aromatic heterocycles. The molecular weight excluding hydrogens is 298 g/mol. The predicted octanol–water partition coefficient (Wildman–Crippen LogP) is 5.46. The van der Waals surface area contributed by atoms with Gasteiger partial charge in [0.2, 0.25) is 0 Å². The van der Waals surface area contributed by atoms with Gasteiger partial charge in [0, 0.05) is 6.20 Å². The molecule has 130 valence electrons. The van der Waals surface area contributed by atoms with Gasteiger partial charge in [0.15, 0.2) is 0 Å². The molecule has 1 aliphatic heterocycles. The van der Waals surface area contributed by atoms with E-state index in [9.17, 15) is 4.79 Å². The molecule has 3 heteroatoms. The Morgan fingerprint density at radius 2 is 2.00 bits per heavy atom. The predicted molar refractivity (Wildman–Crippen MR) is 97.2 cm³/mol. The summed E-state index contributed by atoms with van der Waals surface area (Å²) in [7, 11) is 0. The van der Waals surface area contributed by atoms with Crippen molar-refractivity contribution in [2.75, 3.05) is 0 Å². The van der Waals surface area contributed by atoms with Crippen LogP contribution < -0.4 is 0 Å². The van der Waals surface area contributed by atoms with Crippen molar-refractivity contribution in [3.8, 4) is 0 Å². The lowest BCUT2D eigenvalue weighted by molar-refractivity contribution is -0.00605. The molecule has 0 N–H and O–H groups in total. The van der Waals surface area contributed by atoms with Crippen molar-refractivity contribution in [2.45, 2.75) is 59.6 Å². The van der Waals surface area contributed by atoms with E-state index in [2.05, 4.69) is 39.8 Å². The van der Waals surface area contributed by atoms with E-state index in [1.165, 1.54) is 17.5 Å². The number of ether oxygens (including phenoxy) is 1. The van der Waals surface area contributed by atoms with Gasteiger partial charge >= 0.3 is 6.09 Å². The molecule has 1 aromatic rings. The molecule has 3 rings (SSSR count). The number of rotatable bonds is 2. The minimum absolute atomic E-state index is 0.0483. The Hall–Kier alpha value is -1.77. The number of carbonyl (C=O) groups is 1. The Morgan fingerprint density at radius 1 is 1.25 bits per heavy atom. The highest BCUT2D eigenvalue weighted by molar-refractivity contribution is 5.76.